The maximum Gasteiger partial charge on any atom is 0.214 e. The summed E-state index contributed by atoms with van der Waals surface area (Å²) in [6, 6.07) is 0. The van der Waals surface area contributed by atoms with Crippen LogP contribution in [0, 0.1) is 11.8 Å². The molecule has 0 unspecified atom stereocenters. The fourth-order valence-corrected chi connectivity index (χ4v) is 3.69. The van der Waals surface area contributed by atoms with E-state index in [1.54, 1.807) is 4.31 Å². The Morgan fingerprint density at radius 3 is 1.82 bits per heavy atom. The number of halogens is 1. The largest absolute Gasteiger partial charge is 0.214 e. The molecule has 0 aliphatic rings. The molecule has 0 radical (unpaired) electrons. The molecule has 0 aromatic carbocycles. The highest BCUT2D eigenvalue weighted by Gasteiger charge is 2.22. The SMILES string of the molecule is CC(C)CN(CC(C)C)S(=O)(=O)CCCCCl. The van der Waals surface area contributed by atoms with E-state index in [9.17, 15) is 8.42 Å². The first kappa shape index (κ1) is 17.2. The molecule has 5 heteroatoms. The molecule has 17 heavy (non-hydrogen) atoms. The van der Waals surface area contributed by atoms with Gasteiger partial charge in [0.2, 0.25) is 10.0 Å². The summed E-state index contributed by atoms with van der Waals surface area (Å²) in [5.74, 6) is 1.47. The molecule has 0 aromatic rings. The van der Waals surface area contributed by atoms with Crippen LogP contribution in [0.25, 0.3) is 0 Å². The summed E-state index contributed by atoms with van der Waals surface area (Å²) in [6.45, 7) is 9.40. The van der Waals surface area contributed by atoms with Crippen LogP contribution in [0.4, 0.5) is 0 Å². The lowest BCUT2D eigenvalue weighted by Gasteiger charge is -2.25. The number of unbranched alkanes of at least 4 members (excludes halogenated alkanes) is 1. The van der Waals surface area contributed by atoms with E-state index in [0.29, 0.717) is 37.2 Å². The highest BCUT2D eigenvalue weighted by Crippen LogP contribution is 2.11. The van der Waals surface area contributed by atoms with Gasteiger partial charge in [0, 0.05) is 19.0 Å². The highest BCUT2D eigenvalue weighted by atomic mass is 35.5. The average Bonchev–Trinajstić information content (AvgIpc) is 2.15. The molecule has 0 N–H and O–H groups in total. The molecule has 0 aliphatic carbocycles. The maximum absolute atomic E-state index is 12.2. The first-order valence-electron chi connectivity index (χ1n) is 6.33. The third kappa shape index (κ3) is 8.01. The van der Waals surface area contributed by atoms with Gasteiger partial charge in [0.05, 0.1) is 5.75 Å². The zero-order valence-corrected chi connectivity index (χ0v) is 13.0. The fourth-order valence-electron chi connectivity index (χ4n) is 1.62. The van der Waals surface area contributed by atoms with Gasteiger partial charge in [-0.1, -0.05) is 27.7 Å². The van der Waals surface area contributed by atoms with Gasteiger partial charge in [-0.2, -0.15) is 0 Å². The van der Waals surface area contributed by atoms with Gasteiger partial charge in [0.15, 0.2) is 0 Å². The Kier molecular flexibility index (Phi) is 8.43. The van der Waals surface area contributed by atoms with Gasteiger partial charge >= 0.3 is 0 Å². The Balaban J connectivity index is 4.53. The second-order valence-electron chi connectivity index (χ2n) is 5.32. The zero-order chi connectivity index (χ0) is 13.5. The van der Waals surface area contributed by atoms with Crippen molar-refractivity contribution in [3.05, 3.63) is 0 Å². The van der Waals surface area contributed by atoms with Gasteiger partial charge in [-0.25, -0.2) is 12.7 Å². The van der Waals surface area contributed by atoms with E-state index >= 15 is 0 Å². The van der Waals surface area contributed by atoms with E-state index in [0.717, 1.165) is 6.42 Å². The van der Waals surface area contributed by atoms with Crippen molar-refractivity contribution in [3.63, 3.8) is 0 Å². The summed E-state index contributed by atoms with van der Waals surface area (Å²) in [6.07, 6.45) is 1.41. The quantitative estimate of drug-likeness (QED) is 0.482. The molecule has 0 bridgehead atoms. The molecule has 104 valence electrons. The van der Waals surface area contributed by atoms with E-state index < -0.39 is 10.0 Å². The highest BCUT2D eigenvalue weighted by molar-refractivity contribution is 7.89. The summed E-state index contributed by atoms with van der Waals surface area (Å²) in [7, 11) is -3.11. The lowest BCUT2D eigenvalue weighted by atomic mass is 10.2. The van der Waals surface area contributed by atoms with Gasteiger partial charge in [-0.15, -0.1) is 11.6 Å². The summed E-state index contributed by atoms with van der Waals surface area (Å²) in [5.41, 5.74) is 0. The van der Waals surface area contributed by atoms with Crippen LogP contribution in [0.2, 0.25) is 0 Å². The molecule has 0 atom stereocenters. The number of nitrogens with zero attached hydrogens (tertiary/aromatic N) is 1. The summed E-state index contributed by atoms with van der Waals surface area (Å²) in [5, 5.41) is 0. The predicted molar refractivity (Wildman–Crippen MR) is 75.0 cm³/mol. The summed E-state index contributed by atoms with van der Waals surface area (Å²) in [4.78, 5) is 0. The monoisotopic (exact) mass is 283 g/mol. The standard InChI is InChI=1S/C12H26ClNO2S/c1-11(2)9-14(10-12(3)4)17(15,16)8-6-5-7-13/h11-12H,5-10H2,1-4H3. The van der Waals surface area contributed by atoms with Crippen molar-refractivity contribution in [2.45, 2.75) is 40.5 Å². The van der Waals surface area contributed by atoms with Gasteiger partial charge in [0.1, 0.15) is 0 Å². The number of hydrogen-bond acceptors (Lipinski definition) is 2. The van der Waals surface area contributed by atoms with Crippen LogP contribution in [-0.4, -0.2) is 37.4 Å². The molecule has 0 spiro atoms. The van der Waals surface area contributed by atoms with Crippen molar-refractivity contribution >= 4 is 21.6 Å². The van der Waals surface area contributed by atoms with E-state index in [1.807, 2.05) is 27.7 Å². The Labute approximate surface area is 112 Å². The number of alkyl halides is 1. The van der Waals surface area contributed by atoms with Gasteiger partial charge in [-0.05, 0) is 24.7 Å². The fraction of sp³-hybridized carbons (Fsp3) is 1.00. The maximum atomic E-state index is 12.2. The minimum absolute atomic E-state index is 0.221. The Morgan fingerprint density at radius 2 is 1.47 bits per heavy atom. The van der Waals surface area contributed by atoms with Crippen molar-refractivity contribution in [3.8, 4) is 0 Å². The Bertz CT molecular complexity index is 279. The van der Waals surface area contributed by atoms with E-state index in [1.165, 1.54) is 0 Å². The lowest BCUT2D eigenvalue weighted by Crippen LogP contribution is -2.38. The van der Waals surface area contributed by atoms with Crippen molar-refractivity contribution in [1.82, 2.24) is 4.31 Å². The molecule has 0 amide bonds. The topological polar surface area (TPSA) is 37.4 Å². The molecular weight excluding hydrogens is 258 g/mol. The van der Waals surface area contributed by atoms with Crippen LogP contribution in [0.3, 0.4) is 0 Å². The molecular formula is C12H26ClNO2S. The lowest BCUT2D eigenvalue weighted by molar-refractivity contribution is 0.333. The average molecular weight is 284 g/mol. The van der Waals surface area contributed by atoms with Gasteiger partial charge in [-0.3, -0.25) is 0 Å². The normalized spacial score (nSPS) is 12.9. The molecule has 3 nitrogen and oxygen atoms in total. The number of sulfonamides is 1. The third-order valence-corrected chi connectivity index (χ3v) is 4.47. The first-order valence-corrected chi connectivity index (χ1v) is 8.47. The van der Waals surface area contributed by atoms with Crippen molar-refractivity contribution in [1.29, 1.82) is 0 Å². The molecule has 0 aromatic heterocycles. The molecule has 0 fully saturated rings. The molecule has 0 rings (SSSR count). The van der Waals surface area contributed by atoms with Crippen LogP contribution in [0.15, 0.2) is 0 Å². The summed E-state index contributed by atoms with van der Waals surface area (Å²) >= 11 is 5.57. The Hall–Kier alpha value is 0.200. The van der Waals surface area contributed by atoms with Crippen molar-refractivity contribution < 1.29 is 8.42 Å². The third-order valence-electron chi connectivity index (χ3n) is 2.32. The van der Waals surface area contributed by atoms with Gasteiger partial charge in [0.25, 0.3) is 0 Å². The molecule has 0 aliphatic heterocycles. The van der Waals surface area contributed by atoms with Crippen LogP contribution in [0.1, 0.15) is 40.5 Å². The predicted octanol–water partition coefficient (Wildman–Crippen LogP) is 2.95. The van der Waals surface area contributed by atoms with Gasteiger partial charge < -0.3 is 0 Å². The first-order chi connectivity index (χ1) is 7.79. The minimum Gasteiger partial charge on any atom is -0.212 e. The van der Waals surface area contributed by atoms with Crippen molar-refractivity contribution in [2.24, 2.45) is 11.8 Å². The smallest absolute Gasteiger partial charge is 0.212 e. The number of rotatable bonds is 9. The van der Waals surface area contributed by atoms with Crippen molar-refractivity contribution in [2.75, 3.05) is 24.7 Å². The van der Waals surface area contributed by atoms with Crippen LogP contribution in [-0.2, 0) is 10.0 Å². The van der Waals surface area contributed by atoms with Crippen LogP contribution < -0.4 is 0 Å². The van der Waals surface area contributed by atoms with Crippen LogP contribution in [0.5, 0.6) is 0 Å². The zero-order valence-electron chi connectivity index (χ0n) is 11.4. The molecule has 0 saturated carbocycles. The minimum atomic E-state index is -3.11. The second-order valence-corrected chi connectivity index (χ2v) is 7.78. The number of hydrogen-bond donors (Lipinski definition) is 0. The second kappa shape index (κ2) is 8.33. The molecule has 0 heterocycles. The van der Waals surface area contributed by atoms with Crippen LogP contribution >= 0.6 is 11.6 Å². The van der Waals surface area contributed by atoms with E-state index in [4.69, 9.17) is 11.6 Å². The molecule has 0 saturated heterocycles. The summed E-state index contributed by atoms with van der Waals surface area (Å²) < 4.78 is 26.0. The van der Waals surface area contributed by atoms with E-state index in [2.05, 4.69) is 0 Å². The van der Waals surface area contributed by atoms with E-state index in [-0.39, 0.29) is 5.75 Å². The Morgan fingerprint density at radius 1 is 1.00 bits per heavy atom.